The third-order valence-corrected chi connectivity index (χ3v) is 6.25. The molecule has 28 heavy (non-hydrogen) atoms. The van der Waals surface area contributed by atoms with Gasteiger partial charge in [0, 0.05) is 54.9 Å². The Morgan fingerprint density at radius 3 is 3.00 bits per heavy atom. The molecule has 1 atom stereocenters. The maximum absolute atomic E-state index is 12.8. The van der Waals surface area contributed by atoms with Crippen LogP contribution in [0.25, 0.3) is 11.4 Å². The number of hydrogen-bond donors (Lipinski definition) is 1. The third kappa shape index (κ3) is 2.86. The van der Waals surface area contributed by atoms with Crippen LogP contribution in [0.2, 0.25) is 0 Å². The number of nitrogens with one attached hydrogen (secondary N) is 1. The van der Waals surface area contributed by atoms with Crippen LogP contribution < -0.4 is 5.56 Å². The standard InChI is InChI=1S/C21H24N6O/c1-26-11-9-23-17(26)13-27-10-3-6-21(14-27)7-5-16-18(21)24-19(25-20(16)28)15-4-2-8-22-12-15/h2,4,8-9,11-12H,3,5-7,10,13-14H2,1H3,(H,24,25,28). The number of H-pyrrole nitrogens is 1. The summed E-state index contributed by atoms with van der Waals surface area (Å²) in [5.74, 6) is 1.70. The van der Waals surface area contributed by atoms with Crippen molar-refractivity contribution in [1.29, 1.82) is 0 Å². The number of aromatic nitrogens is 5. The Morgan fingerprint density at radius 1 is 1.29 bits per heavy atom. The molecule has 1 fully saturated rings. The van der Waals surface area contributed by atoms with E-state index in [-0.39, 0.29) is 11.0 Å². The lowest BCUT2D eigenvalue weighted by Gasteiger charge is -2.40. The molecule has 5 rings (SSSR count). The zero-order valence-electron chi connectivity index (χ0n) is 16.1. The monoisotopic (exact) mass is 376 g/mol. The van der Waals surface area contributed by atoms with Crippen LogP contribution in [0.15, 0.2) is 41.7 Å². The van der Waals surface area contributed by atoms with Crippen molar-refractivity contribution < 1.29 is 0 Å². The van der Waals surface area contributed by atoms with Gasteiger partial charge in [-0.2, -0.15) is 0 Å². The average molecular weight is 376 g/mol. The van der Waals surface area contributed by atoms with Crippen LogP contribution in [-0.2, 0) is 25.4 Å². The molecule has 3 aromatic heterocycles. The van der Waals surface area contributed by atoms with Crippen molar-refractivity contribution in [2.75, 3.05) is 13.1 Å². The topological polar surface area (TPSA) is 79.7 Å². The van der Waals surface area contributed by atoms with Crippen molar-refractivity contribution in [2.45, 2.75) is 37.6 Å². The molecule has 1 unspecified atom stereocenters. The van der Waals surface area contributed by atoms with Gasteiger partial charge in [0.25, 0.3) is 5.56 Å². The van der Waals surface area contributed by atoms with Gasteiger partial charge in [-0.25, -0.2) is 9.97 Å². The molecular weight excluding hydrogens is 352 g/mol. The summed E-state index contributed by atoms with van der Waals surface area (Å²) in [5.41, 5.74) is 2.68. The van der Waals surface area contributed by atoms with Crippen molar-refractivity contribution in [3.63, 3.8) is 0 Å². The second-order valence-electron chi connectivity index (χ2n) is 8.03. The molecule has 1 aliphatic heterocycles. The van der Waals surface area contributed by atoms with E-state index in [0.717, 1.165) is 68.0 Å². The highest BCUT2D eigenvalue weighted by Crippen LogP contribution is 2.43. The molecule has 7 nitrogen and oxygen atoms in total. The smallest absolute Gasteiger partial charge is 0.254 e. The Labute approximate surface area is 163 Å². The maximum Gasteiger partial charge on any atom is 0.254 e. The number of aryl methyl sites for hydroxylation is 1. The van der Waals surface area contributed by atoms with Crippen molar-refractivity contribution in [3.05, 3.63) is 64.4 Å². The van der Waals surface area contributed by atoms with Crippen LogP contribution in [0.1, 0.15) is 36.3 Å². The Hall–Kier alpha value is -2.80. The molecule has 0 bridgehead atoms. The van der Waals surface area contributed by atoms with E-state index in [0.29, 0.717) is 5.82 Å². The van der Waals surface area contributed by atoms with Crippen LogP contribution in [0.3, 0.4) is 0 Å². The van der Waals surface area contributed by atoms with E-state index in [9.17, 15) is 4.79 Å². The minimum atomic E-state index is -0.0377. The number of pyridine rings is 1. The van der Waals surface area contributed by atoms with Crippen molar-refractivity contribution in [3.8, 4) is 11.4 Å². The minimum absolute atomic E-state index is 0.00181. The first-order valence-electron chi connectivity index (χ1n) is 9.87. The van der Waals surface area contributed by atoms with Gasteiger partial charge in [0.15, 0.2) is 0 Å². The van der Waals surface area contributed by atoms with Gasteiger partial charge in [0.1, 0.15) is 11.6 Å². The van der Waals surface area contributed by atoms with Gasteiger partial charge < -0.3 is 9.55 Å². The lowest BCUT2D eigenvalue weighted by atomic mass is 9.77. The first kappa shape index (κ1) is 17.3. The fourth-order valence-corrected chi connectivity index (χ4v) is 4.80. The fourth-order valence-electron chi connectivity index (χ4n) is 4.80. The zero-order chi connectivity index (χ0) is 19.1. The minimum Gasteiger partial charge on any atom is -0.337 e. The van der Waals surface area contributed by atoms with E-state index in [4.69, 9.17) is 4.98 Å². The SMILES string of the molecule is Cn1ccnc1CN1CCCC2(CCc3c2nc(-c2cccnc2)[nH]c3=O)C1. The molecule has 0 saturated carbocycles. The summed E-state index contributed by atoms with van der Waals surface area (Å²) in [7, 11) is 2.04. The van der Waals surface area contributed by atoms with Gasteiger partial charge in [0.2, 0.25) is 0 Å². The molecule has 0 amide bonds. The first-order valence-corrected chi connectivity index (χ1v) is 9.87. The number of nitrogens with zero attached hydrogens (tertiary/aromatic N) is 5. The summed E-state index contributed by atoms with van der Waals surface area (Å²) in [6.45, 7) is 2.82. The van der Waals surface area contributed by atoms with Gasteiger partial charge in [-0.15, -0.1) is 0 Å². The predicted octanol–water partition coefficient (Wildman–Crippen LogP) is 2.05. The molecule has 1 N–H and O–H groups in total. The summed E-state index contributed by atoms with van der Waals surface area (Å²) in [4.78, 5) is 31.8. The molecule has 7 heteroatoms. The van der Waals surface area contributed by atoms with Crippen LogP contribution in [0, 0.1) is 0 Å². The second-order valence-corrected chi connectivity index (χ2v) is 8.03. The number of fused-ring (bicyclic) bond motifs is 2. The highest BCUT2D eigenvalue weighted by atomic mass is 16.1. The summed E-state index contributed by atoms with van der Waals surface area (Å²) in [6.07, 6.45) is 11.3. The van der Waals surface area contributed by atoms with E-state index in [1.54, 1.807) is 12.4 Å². The number of aromatic amines is 1. The highest BCUT2D eigenvalue weighted by molar-refractivity contribution is 5.54. The highest BCUT2D eigenvalue weighted by Gasteiger charge is 2.44. The van der Waals surface area contributed by atoms with Crippen LogP contribution in [-0.4, -0.2) is 42.5 Å². The summed E-state index contributed by atoms with van der Waals surface area (Å²) in [6, 6.07) is 3.81. The fraction of sp³-hybridized carbons (Fsp3) is 0.429. The molecular formula is C21H24N6O. The molecule has 0 radical (unpaired) electrons. The van der Waals surface area contributed by atoms with E-state index < -0.39 is 0 Å². The van der Waals surface area contributed by atoms with Gasteiger partial charge >= 0.3 is 0 Å². The quantitative estimate of drug-likeness (QED) is 0.757. The van der Waals surface area contributed by atoms with Crippen LogP contribution >= 0.6 is 0 Å². The Kier molecular flexibility index (Phi) is 4.12. The molecule has 1 aliphatic carbocycles. The van der Waals surface area contributed by atoms with Crippen LogP contribution in [0.4, 0.5) is 0 Å². The molecule has 1 saturated heterocycles. The predicted molar refractivity (Wildman–Crippen MR) is 106 cm³/mol. The maximum atomic E-state index is 12.8. The molecule has 4 heterocycles. The van der Waals surface area contributed by atoms with Gasteiger partial charge in [-0.05, 0) is 44.4 Å². The zero-order valence-corrected chi connectivity index (χ0v) is 16.1. The van der Waals surface area contributed by atoms with E-state index in [1.165, 1.54) is 0 Å². The number of imidazole rings is 1. The van der Waals surface area contributed by atoms with Gasteiger partial charge in [-0.1, -0.05) is 0 Å². The van der Waals surface area contributed by atoms with Gasteiger partial charge in [0.05, 0.1) is 12.2 Å². The molecule has 144 valence electrons. The van der Waals surface area contributed by atoms with Crippen LogP contribution in [0.5, 0.6) is 0 Å². The first-order chi connectivity index (χ1) is 13.6. The Morgan fingerprint density at radius 2 is 2.21 bits per heavy atom. The lowest BCUT2D eigenvalue weighted by molar-refractivity contribution is 0.133. The summed E-state index contributed by atoms with van der Waals surface area (Å²) < 4.78 is 2.08. The molecule has 3 aromatic rings. The lowest BCUT2D eigenvalue weighted by Crippen LogP contribution is -2.45. The molecule has 0 aromatic carbocycles. The van der Waals surface area contributed by atoms with Gasteiger partial charge in [-0.3, -0.25) is 14.7 Å². The largest absolute Gasteiger partial charge is 0.337 e. The Balaban J connectivity index is 1.50. The van der Waals surface area contributed by atoms with Crippen molar-refractivity contribution in [2.24, 2.45) is 7.05 Å². The number of rotatable bonds is 3. The summed E-state index contributed by atoms with van der Waals surface area (Å²) >= 11 is 0. The third-order valence-electron chi connectivity index (χ3n) is 6.25. The van der Waals surface area contributed by atoms with E-state index >= 15 is 0 Å². The summed E-state index contributed by atoms with van der Waals surface area (Å²) in [5, 5.41) is 0. The number of hydrogen-bond acceptors (Lipinski definition) is 5. The van der Waals surface area contributed by atoms with E-state index in [2.05, 4.69) is 24.4 Å². The Bertz CT molecular complexity index is 1060. The molecule has 1 spiro atoms. The number of piperidine rings is 1. The molecule has 2 aliphatic rings. The number of likely N-dealkylation sites (tertiary alicyclic amines) is 1. The van der Waals surface area contributed by atoms with Crippen molar-refractivity contribution in [1.82, 2.24) is 29.4 Å². The van der Waals surface area contributed by atoms with E-state index in [1.807, 2.05) is 31.6 Å². The normalized spacial score (nSPS) is 21.9. The second kappa shape index (κ2) is 6.67. The average Bonchev–Trinajstić information content (AvgIpc) is 3.27. The van der Waals surface area contributed by atoms with Crippen molar-refractivity contribution >= 4 is 0 Å².